The molecule has 0 aromatic carbocycles. The highest BCUT2D eigenvalue weighted by molar-refractivity contribution is 5.76. The quantitative estimate of drug-likeness (QED) is 0.0420. The summed E-state index contributed by atoms with van der Waals surface area (Å²) >= 11 is 0. The maximum atomic E-state index is 12.6. The van der Waals surface area contributed by atoms with Crippen molar-refractivity contribution in [3.63, 3.8) is 0 Å². The molecule has 0 heterocycles. The molecule has 0 aliphatic carbocycles. The van der Waals surface area contributed by atoms with Gasteiger partial charge in [0.15, 0.2) is 0 Å². The fourth-order valence-corrected chi connectivity index (χ4v) is 12.4. The normalized spacial score (nSPS) is 12.9. The lowest BCUT2D eigenvalue weighted by molar-refractivity contribution is -0.123. The van der Waals surface area contributed by atoms with Gasteiger partial charge in [0.1, 0.15) is 0 Å². The van der Waals surface area contributed by atoms with E-state index in [1.165, 1.54) is 379 Å². The van der Waals surface area contributed by atoms with Crippen LogP contribution in [0.5, 0.6) is 0 Å². The van der Waals surface area contributed by atoms with E-state index in [0.29, 0.717) is 6.42 Å². The molecule has 4 heteroatoms. The molecule has 1 amide bonds. The van der Waals surface area contributed by atoms with Gasteiger partial charge >= 0.3 is 0 Å². The molecule has 0 saturated heterocycles. The summed E-state index contributed by atoms with van der Waals surface area (Å²) in [7, 11) is 0. The number of nitrogens with one attached hydrogen (secondary N) is 1. The zero-order chi connectivity index (χ0) is 60.5. The van der Waals surface area contributed by atoms with E-state index in [1.807, 2.05) is 6.08 Å². The molecular weight excluding hydrogens is 1020 g/mol. The minimum Gasteiger partial charge on any atom is -0.394 e. The minimum absolute atomic E-state index is 0.0693. The Morgan fingerprint density at radius 2 is 0.464 bits per heavy atom. The fourth-order valence-electron chi connectivity index (χ4n) is 12.4. The first-order valence-corrected chi connectivity index (χ1v) is 38.9. The Labute approximate surface area is 528 Å². The van der Waals surface area contributed by atoms with Crippen molar-refractivity contribution >= 4 is 5.91 Å². The first-order chi connectivity index (χ1) is 41.7. The van der Waals surface area contributed by atoms with E-state index in [4.69, 9.17) is 0 Å². The lowest BCUT2D eigenvalue weighted by Crippen LogP contribution is -2.45. The van der Waals surface area contributed by atoms with Crippen LogP contribution in [0.4, 0.5) is 0 Å². The van der Waals surface area contributed by atoms with Crippen molar-refractivity contribution in [2.45, 2.75) is 450 Å². The van der Waals surface area contributed by atoms with Crippen molar-refractivity contribution in [1.29, 1.82) is 0 Å². The van der Waals surface area contributed by atoms with Gasteiger partial charge in [0.2, 0.25) is 5.91 Å². The molecule has 3 N–H and O–H groups in total. The average molecular weight is 1180 g/mol. The van der Waals surface area contributed by atoms with E-state index >= 15 is 0 Å². The van der Waals surface area contributed by atoms with Gasteiger partial charge in [-0.05, 0) is 70.6 Å². The van der Waals surface area contributed by atoms with Gasteiger partial charge in [-0.3, -0.25) is 4.79 Å². The van der Waals surface area contributed by atoms with Crippen LogP contribution in [0.2, 0.25) is 0 Å². The largest absolute Gasteiger partial charge is 0.394 e. The van der Waals surface area contributed by atoms with Crippen LogP contribution >= 0.6 is 0 Å². The van der Waals surface area contributed by atoms with E-state index in [9.17, 15) is 15.0 Å². The van der Waals surface area contributed by atoms with Crippen LogP contribution in [0, 0.1) is 0 Å². The van der Waals surface area contributed by atoms with Gasteiger partial charge in [-0.1, -0.05) is 409 Å². The molecule has 496 valence electrons. The van der Waals surface area contributed by atoms with E-state index in [2.05, 4.69) is 55.6 Å². The summed E-state index contributed by atoms with van der Waals surface area (Å²) in [6.07, 6.45) is 107. The molecule has 0 radical (unpaired) electrons. The Hall–Kier alpha value is -1.65. The van der Waals surface area contributed by atoms with Crippen LogP contribution in [0.1, 0.15) is 438 Å². The molecule has 0 aromatic heterocycles. The molecule has 0 bridgehead atoms. The smallest absolute Gasteiger partial charge is 0.220 e. The van der Waals surface area contributed by atoms with Gasteiger partial charge in [0, 0.05) is 6.42 Å². The predicted molar refractivity (Wildman–Crippen MR) is 378 cm³/mol. The van der Waals surface area contributed by atoms with Crippen LogP contribution in [-0.4, -0.2) is 34.9 Å². The number of allylic oxidation sites excluding steroid dienone is 7. The van der Waals surface area contributed by atoms with Gasteiger partial charge in [-0.2, -0.15) is 0 Å². The number of carbonyl (C=O) groups is 1. The number of hydrogen-bond acceptors (Lipinski definition) is 3. The number of aliphatic hydroxyl groups excluding tert-OH is 2. The highest BCUT2D eigenvalue weighted by Gasteiger charge is 2.18. The van der Waals surface area contributed by atoms with Gasteiger partial charge in [0.25, 0.3) is 0 Å². The van der Waals surface area contributed by atoms with E-state index in [0.717, 1.165) is 38.5 Å². The number of amides is 1. The molecule has 0 spiro atoms. The van der Waals surface area contributed by atoms with Crippen LogP contribution in [0.25, 0.3) is 0 Å². The summed E-state index contributed by atoms with van der Waals surface area (Å²) < 4.78 is 0. The molecular formula is C80H153NO3. The van der Waals surface area contributed by atoms with E-state index in [-0.39, 0.29) is 12.5 Å². The van der Waals surface area contributed by atoms with Crippen molar-refractivity contribution < 1.29 is 15.0 Å². The summed E-state index contributed by atoms with van der Waals surface area (Å²) in [4.78, 5) is 12.6. The number of carbonyl (C=O) groups excluding carboxylic acids is 1. The van der Waals surface area contributed by atoms with Crippen molar-refractivity contribution in [3.05, 3.63) is 48.6 Å². The first-order valence-electron chi connectivity index (χ1n) is 38.9. The fraction of sp³-hybridized carbons (Fsp3) is 0.887. The second-order valence-electron chi connectivity index (χ2n) is 26.8. The first kappa shape index (κ1) is 82.3. The topological polar surface area (TPSA) is 69.6 Å². The third-order valence-electron chi connectivity index (χ3n) is 18.3. The van der Waals surface area contributed by atoms with Gasteiger partial charge < -0.3 is 15.5 Å². The van der Waals surface area contributed by atoms with Gasteiger partial charge in [-0.15, -0.1) is 0 Å². The monoisotopic (exact) mass is 1180 g/mol. The Balaban J connectivity index is 3.42. The summed E-state index contributed by atoms with van der Waals surface area (Å²) in [6, 6.07) is -0.647. The molecule has 84 heavy (non-hydrogen) atoms. The minimum atomic E-state index is -0.872. The third-order valence-corrected chi connectivity index (χ3v) is 18.3. The Morgan fingerprint density at radius 1 is 0.274 bits per heavy atom. The lowest BCUT2D eigenvalue weighted by Gasteiger charge is -2.19. The van der Waals surface area contributed by atoms with Crippen LogP contribution in [0.15, 0.2) is 48.6 Å². The molecule has 2 unspecified atom stereocenters. The maximum absolute atomic E-state index is 12.6. The molecule has 0 aliphatic rings. The van der Waals surface area contributed by atoms with Crippen LogP contribution < -0.4 is 5.32 Å². The predicted octanol–water partition coefficient (Wildman–Crippen LogP) is 26.8. The van der Waals surface area contributed by atoms with Crippen LogP contribution in [0.3, 0.4) is 0 Å². The van der Waals surface area contributed by atoms with Crippen molar-refractivity contribution in [2.75, 3.05) is 6.61 Å². The van der Waals surface area contributed by atoms with Gasteiger partial charge in [-0.25, -0.2) is 0 Å². The molecule has 0 saturated carbocycles. The summed E-state index contributed by atoms with van der Waals surface area (Å²) in [5.41, 5.74) is 0. The lowest BCUT2D eigenvalue weighted by atomic mass is 10.0. The highest BCUT2D eigenvalue weighted by Crippen LogP contribution is 2.20. The molecule has 0 aliphatic heterocycles. The van der Waals surface area contributed by atoms with Crippen molar-refractivity contribution in [3.8, 4) is 0 Å². The zero-order valence-electron chi connectivity index (χ0n) is 57.5. The molecule has 0 rings (SSSR count). The van der Waals surface area contributed by atoms with Crippen molar-refractivity contribution in [2.24, 2.45) is 0 Å². The summed E-state index contributed by atoms with van der Waals surface area (Å²) in [6.45, 7) is 4.34. The Morgan fingerprint density at radius 3 is 0.690 bits per heavy atom. The Bertz CT molecular complexity index is 1340. The zero-order valence-corrected chi connectivity index (χ0v) is 57.5. The molecule has 0 fully saturated rings. The highest BCUT2D eigenvalue weighted by atomic mass is 16.3. The van der Waals surface area contributed by atoms with Crippen molar-refractivity contribution in [1.82, 2.24) is 5.32 Å². The molecule has 4 nitrogen and oxygen atoms in total. The second-order valence-corrected chi connectivity index (χ2v) is 26.8. The maximum Gasteiger partial charge on any atom is 0.220 e. The van der Waals surface area contributed by atoms with E-state index < -0.39 is 12.1 Å². The number of rotatable bonds is 73. The molecule has 0 aromatic rings. The SMILES string of the molecule is CCCCCCCCCC/C=C\CCCCCCCCCCCCCCCCCCCCCCCCCCCCCCCC(=O)NC(CO)C(O)/C=C/CC/C=C/CC/C=C/CCCCCCCCCCCCCCCCCCCCCCC. The average Bonchev–Trinajstić information content (AvgIpc) is 3.51. The number of unbranched alkanes of at least 4 members (excludes halogenated alkanes) is 60. The standard InChI is InChI=1S/C80H153NO3/c1-3-5-7-9-11-13-15-17-19-21-23-25-27-29-31-33-35-36-37-38-39-40-41-42-43-44-46-48-50-52-54-56-58-60-62-64-66-68-70-72-74-76-80(84)81-78(77-82)79(83)75-73-71-69-67-65-63-61-59-57-55-53-51-49-47-45-34-32-30-28-26-24-22-20-18-16-14-12-10-8-6-4-2/h21,23,57,59,65,67,73,75,78-79,82-83H,3-20,22,24-56,58,60-64,66,68-72,74,76-77H2,1-2H3,(H,81,84)/b23-21-,59-57+,67-65+,75-73+. The summed E-state index contributed by atoms with van der Waals surface area (Å²) in [5.74, 6) is -0.0693. The Kier molecular flexibility index (Phi) is 74.1. The second kappa shape index (κ2) is 75.6. The van der Waals surface area contributed by atoms with Crippen LogP contribution in [-0.2, 0) is 4.79 Å². The summed E-state index contributed by atoms with van der Waals surface area (Å²) in [5, 5.41) is 23.3. The number of aliphatic hydroxyl groups is 2. The van der Waals surface area contributed by atoms with E-state index in [1.54, 1.807) is 6.08 Å². The van der Waals surface area contributed by atoms with Gasteiger partial charge in [0.05, 0.1) is 18.8 Å². The number of hydrogen-bond donors (Lipinski definition) is 3. The third kappa shape index (κ3) is 71.1. The molecule has 2 atom stereocenters.